The van der Waals surface area contributed by atoms with E-state index >= 15 is 0 Å². The Kier molecular flexibility index (Phi) is 4.06. The molecule has 132 valence electrons. The van der Waals surface area contributed by atoms with Crippen LogP contribution in [-0.4, -0.2) is 17.0 Å². The van der Waals surface area contributed by atoms with Crippen molar-refractivity contribution in [3.8, 4) is 0 Å². The van der Waals surface area contributed by atoms with Gasteiger partial charge < -0.3 is 0 Å². The summed E-state index contributed by atoms with van der Waals surface area (Å²) in [6, 6.07) is 6.24. The Bertz CT molecular complexity index is 714. The molecule has 1 aromatic carbocycles. The van der Waals surface area contributed by atoms with Crippen LogP contribution in [0.3, 0.4) is 0 Å². The van der Waals surface area contributed by atoms with Crippen molar-refractivity contribution in [3.05, 3.63) is 39.9 Å². The maximum atomic E-state index is 12.9. The van der Waals surface area contributed by atoms with Gasteiger partial charge in [0, 0.05) is 17.7 Å². The van der Waals surface area contributed by atoms with Crippen molar-refractivity contribution in [3.63, 3.8) is 0 Å². The van der Waals surface area contributed by atoms with Crippen molar-refractivity contribution in [1.82, 2.24) is 5.43 Å². The fourth-order valence-electron chi connectivity index (χ4n) is 5.47. The first kappa shape index (κ1) is 16.2. The second kappa shape index (κ2) is 6.24. The van der Waals surface area contributed by atoms with E-state index in [2.05, 4.69) is 10.5 Å². The Morgan fingerprint density at radius 2 is 1.88 bits per heavy atom. The number of nitro groups is 1. The van der Waals surface area contributed by atoms with Crippen LogP contribution in [0.15, 0.2) is 29.4 Å². The average Bonchev–Trinajstić information content (AvgIpc) is 2.81. The lowest BCUT2D eigenvalue weighted by molar-refractivity contribution is -0.384. The quantitative estimate of drug-likeness (QED) is 0.515. The molecule has 5 rings (SSSR count). The van der Waals surface area contributed by atoms with Gasteiger partial charge in [-0.2, -0.15) is 5.10 Å². The highest BCUT2D eigenvalue weighted by Gasteiger charge is 2.52. The molecule has 2 atom stereocenters. The van der Waals surface area contributed by atoms with Crippen LogP contribution in [0.1, 0.15) is 50.5 Å². The fourth-order valence-corrected chi connectivity index (χ4v) is 5.47. The first-order chi connectivity index (χ1) is 12.0. The second-order valence-corrected chi connectivity index (χ2v) is 8.09. The SMILES string of the molecule is O=C(N/N=C/c1cccc([N+](=O)[O-])c1)C12CC3CCC(CC(C3)C1)C2. The molecule has 0 heterocycles. The monoisotopic (exact) mass is 341 g/mol. The van der Waals surface area contributed by atoms with E-state index in [1.165, 1.54) is 44.0 Å². The molecule has 0 saturated heterocycles. The Morgan fingerprint density at radius 3 is 2.56 bits per heavy atom. The van der Waals surface area contributed by atoms with Crippen molar-refractivity contribution in [1.29, 1.82) is 0 Å². The number of nitrogens with zero attached hydrogens (tertiary/aromatic N) is 2. The van der Waals surface area contributed by atoms with Crippen LogP contribution in [0, 0.1) is 33.3 Å². The summed E-state index contributed by atoms with van der Waals surface area (Å²) in [5.41, 5.74) is 3.11. The highest BCUT2D eigenvalue weighted by Crippen LogP contribution is 2.57. The van der Waals surface area contributed by atoms with Crippen LogP contribution >= 0.6 is 0 Å². The van der Waals surface area contributed by atoms with Gasteiger partial charge >= 0.3 is 0 Å². The molecule has 2 unspecified atom stereocenters. The van der Waals surface area contributed by atoms with Crippen molar-refractivity contribution in [2.75, 3.05) is 0 Å². The Hall–Kier alpha value is -2.24. The van der Waals surface area contributed by atoms with E-state index in [9.17, 15) is 14.9 Å². The van der Waals surface area contributed by atoms with E-state index < -0.39 is 4.92 Å². The molecule has 4 fully saturated rings. The summed E-state index contributed by atoms with van der Waals surface area (Å²) in [6.07, 6.45) is 9.61. The van der Waals surface area contributed by atoms with Crippen molar-refractivity contribution < 1.29 is 9.72 Å². The number of carbonyl (C=O) groups is 1. The minimum absolute atomic E-state index is 0.0212. The molecule has 4 aliphatic rings. The van der Waals surface area contributed by atoms with Gasteiger partial charge in [-0.05, 0) is 49.9 Å². The van der Waals surface area contributed by atoms with Gasteiger partial charge in [-0.3, -0.25) is 14.9 Å². The van der Waals surface area contributed by atoms with Crippen LogP contribution in [0.2, 0.25) is 0 Å². The summed E-state index contributed by atoms with van der Waals surface area (Å²) in [4.78, 5) is 23.3. The predicted molar refractivity (Wildman–Crippen MR) is 94.1 cm³/mol. The summed E-state index contributed by atoms with van der Waals surface area (Å²) < 4.78 is 0. The minimum atomic E-state index is -0.436. The number of nitrogens with one attached hydrogen (secondary N) is 1. The summed E-state index contributed by atoms with van der Waals surface area (Å²) in [5.74, 6) is 2.12. The normalized spacial score (nSPS) is 33.4. The van der Waals surface area contributed by atoms with E-state index in [1.807, 2.05) is 0 Å². The molecule has 1 aromatic rings. The van der Waals surface area contributed by atoms with Crippen LogP contribution in [-0.2, 0) is 4.79 Å². The molecule has 6 nitrogen and oxygen atoms in total. The number of non-ortho nitro benzene ring substituents is 1. The van der Waals surface area contributed by atoms with Crippen LogP contribution in [0.25, 0.3) is 0 Å². The molecule has 4 aliphatic carbocycles. The highest BCUT2D eigenvalue weighted by atomic mass is 16.6. The van der Waals surface area contributed by atoms with E-state index in [-0.39, 0.29) is 17.0 Å². The third-order valence-electron chi connectivity index (χ3n) is 6.30. The maximum absolute atomic E-state index is 12.9. The van der Waals surface area contributed by atoms with Crippen LogP contribution in [0.4, 0.5) is 5.69 Å². The molecule has 0 aliphatic heterocycles. The zero-order chi connectivity index (χ0) is 17.4. The Labute approximate surface area is 146 Å². The molecular formula is C19H23N3O3. The number of amides is 1. The van der Waals surface area contributed by atoms with Gasteiger partial charge in [0.1, 0.15) is 0 Å². The standard InChI is InChI=1S/C19H23N3O3/c23-18(21-20-12-15-2-1-3-17(8-15)22(24)25)19-9-13-4-5-14(10-19)7-16(6-13)11-19/h1-3,8,12-14,16H,4-7,9-11H2,(H,21,23)/b20-12+. The molecule has 0 radical (unpaired) electrons. The molecule has 4 bridgehead atoms. The molecule has 0 spiro atoms. The van der Waals surface area contributed by atoms with Gasteiger partial charge in [-0.25, -0.2) is 5.43 Å². The third-order valence-corrected chi connectivity index (χ3v) is 6.30. The number of hydrogen-bond acceptors (Lipinski definition) is 4. The minimum Gasteiger partial charge on any atom is -0.273 e. The summed E-state index contributed by atoms with van der Waals surface area (Å²) >= 11 is 0. The number of hydrazone groups is 1. The van der Waals surface area contributed by atoms with E-state index in [1.54, 1.807) is 12.1 Å². The van der Waals surface area contributed by atoms with Crippen molar-refractivity contribution in [2.45, 2.75) is 44.9 Å². The number of fused-ring (bicyclic) bond motifs is 1. The number of carbonyl (C=O) groups excluding carboxylic acids is 1. The third kappa shape index (κ3) is 3.17. The van der Waals surface area contributed by atoms with Crippen LogP contribution in [0.5, 0.6) is 0 Å². The van der Waals surface area contributed by atoms with E-state index in [0.29, 0.717) is 23.3 Å². The molecule has 0 aromatic heterocycles. The van der Waals surface area contributed by atoms with E-state index in [0.717, 1.165) is 19.3 Å². The second-order valence-electron chi connectivity index (χ2n) is 8.09. The molecule has 1 amide bonds. The van der Waals surface area contributed by atoms with Crippen LogP contribution < -0.4 is 5.43 Å². The molecule has 4 saturated carbocycles. The zero-order valence-electron chi connectivity index (χ0n) is 14.2. The molecule has 25 heavy (non-hydrogen) atoms. The lowest BCUT2D eigenvalue weighted by Crippen LogP contribution is -2.47. The summed E-state index contributed by atoms with van der Waals surface area (Å²) in [6.45, 7) is 0. The van der Waals surface area contributed by atoms with Gasteiger partial charge in [0.15, 0.2) is 0 Å². The van der Waals surface area contributed by atoms with Gasteiger partial charge in [-0.15, -0.1) is 0 Å². The number of benzene rings is 1. The van der Waals surface area contributed by atoms with Gasteiger partial charge in [-0.1, -0.05) is 25.0 Å². The molecular weight excluding hydrogens is 318 g/mol. The topological polar surface area (TPSA) is 84.6 Å². The summed E-state index contributed by atoms with van der Waals surface area (Å²) in [7, 11) is 0. The maximum Gasteiger partial charge on any atom is 0.270 e. The predicted octanol–water partition coefficient (Wildman–Crippen LogP) is 3.65. The number of rotatable bonds is 4. The van der Waals surface area contributed by atoms with Gasteiger partial charge in [0.05, 0.1) is 16.6 Å². The number of hydrogen-bond donors (Lipinski definition) is 1. The average molecular weight is 341 g/mol. The van der Waals surface area contributed by atoms with Gasteiger partial charge in [0.25, 0.3) is 5.69 Å². The lowest BCUT2D eigenvalue weighted by Gasteiger charge is -2.46. The largest absolute Gasteiger partial charge is 0.273 e. The number of nitro benzene ring substituents is 1. The summed E-state index contributed by atoms with van der Waals surface area (Å²) in [5, 5.41) is 14.9. The smallest absolute Gasteiger partial charge is 0.270 e. The van der Waals surface area contributed by atoms with Gasteiger partial charge in [0.2, 0.25) is 5.91 Å². The Morgan fingerprint density at radius 1 is 1.20 bits per heavy atom. The highest BCUT2D eigenvalue weighted by molar-refractivity contribution is 5.86. The molecule has 6 heteroatoms. The Balaban J connectivity index is 1.45. The fraction of sp³-hybridized carbons (Fsp3) is 0.579. The van der Waals surface area contributed by atoms with Crippen molar-refractivity contribution >= 4 is 17.8 Å². The molecule has 1 N–H and O–H groups in total. The lowest BCUT2D eigenvalue weighted by atomic mass is 9.58. The van der Waals surface area contributed by atoms with E-state index in [4.69, 9.17) is 0 Å². The zero-order valence-corrected chi connectivity index (χ0v) is 14.2. The first-order valence-corrected chi connectivity index (χ1v) is 9.12. The first-order valence-electron chi connectivity index (χ1n) is 9.12. The van der Waals surface area contributed by atoms with Crippen molar-refractivity contribution in [2.24, 2.45) is 28.3 Å².